The van der Waals surface area contributed by atoms with Gasteiger partial charge in [0.25, 0.3) is 0 Å². The van der Waals surface area contributed by atoms with E-state index in [2.05, 4.69) is 58.7 Å². The summed E-state index contributed by atoms with van der Waals surface area (Å²) in [5, 5.41) is 0. The second kappa shape index (κ2) is 40.7. The van der Waals surface area contributed by atoms with E-state index in [0.29, 0.717) is 36.5 Å². The van der Waals surface area contributed by atoms with Gasteiger partial charge in [-0.2, -0.15) is 0 Å². The number of hydrogen-bond acceptors (Lipinski definition) is 9. The molecular weight excluding hydrogens is 863 g/mol. The van der Waals surface area contributed by atoms with E-state index in [1.54, 1.807) is 4.94 Å². The molecule has 0 aromatic carbocycles. The summed E-state index contributed by atoms with van der Waals surface area (Å²) < 4.78 is 18.2. The zero-order valence-electron chi connectivity index (χ0n) is 37.0. The van der Waals surface area contributed by atoms with E-state index >= 15 is 0 Å². The third-order valence-electron chi connectivity index (χ3n) is 11.2. The normalized spacial score (nSPS) is 14.2. The van der Waals surface area contributed by atoms with E-state index in [4.69, 9.17) is 9.22 Å². The van der Waals surface area contributed by atoms with Gasteiger partial charge in [0.1, 0.15) is 0 Å². The molecule has 332 valence electrons. The molecule has 0 aliphatic rings. The first-order valence-corrected chi connectivity index (χ1v) is 32.0. The van der Waals surface area contributed by atoms with Crippen LogP contribution in [0, 0.1) is 17.8 Å². The van der Waals surface area contributed by atoms with Gasteiger partial charge in [-0.15, -0.1) is 0 Å². The Morgan fingerprint density at radius 2 is 0.536 bits per heavy atom. The van der Waals surface area contributed by atoms with Crippen molar-refractivity contribution < 1.29 is 23.6 Å². The molecule has 56 heavy (non-hydrogen) atoms. The van der Waals surface area contributed by atoms with Gasteiger partial charge in [0.15, 0.2) is 0 Å². The summed E-state index contributed by atoms with van der Waals surface area (Å²) in [6, 6.07) is 0. The van der Waals surface area contributed by atoms with Crippen LogP contribution in [0.1, 0.15) is 233 Å². The number of rotatable bonds is 42. The molecule has 0 radical (unpaired) electrons. The summed E-state index contributed by atoms with van der Waals surface area (Å²) in [4.78, 5) is 42.5. The summed E-state index contributed by atoms with van der Waals surface area (Å²) >= 11 is 8.47. The molecule has 0 aromatic rings. The second-order valence-electron chi connectivity index (χ2n) is 16.7. The summed E-state index contributed by atoms with van der Waals surface area (Å²) in [5.74, 6) is -1.75. The Kier molecular flexibility index (Phi) is 40.8. The molecule has 0 saturated heterocycles. The molecule has 0 fully saturated rings. The minimum absolute atomic E-state index is 0.329. The van der Waals surface area contributed by atoms with Crippen molar-refractivity contribution >= 4 is 75.4 Å². The molecule has 3 unspecified atom stereocenters. The minimum atomic E-state index is -5.03. The van der Waals surface area contributed by atoms with Gasteiger partial charge in [0, 0.05) is 0 Å². The predicted molar refractivity (Wildman–Crippen MR) is 251 cm³/mol. The van der Waals surface area contributed by atoms with E-state index in [1.165, 1.54) is 135 Å². The van der Waals surface area contributed by atoms with Crippen LogP contribution in [0.4, 0.5) is 0 Å². The van der Waals surface area contributed by atoms with Crippen LogP contribution in [-0.2, 0) is 23.6 Å². The van der Waals surface area contributed by atoms with E-state index < -0.39 is 55.3 Å². The SMILES string of the molecule is CCCCCCCCCCCCC(CS)C(=O)[O][Sn]([CH3])([O]C(=O)C(CS)CCCCCCCCCCCC)[O]C(=O)C(CS)CCCCCCCCCCCC. The second-order valence-corrected chi connectivity index (χ2v) is 24.4. The molecule has 0 spiro atoms. The zero-order chi connectivity index (χ0) is 41.5. The molecule has 0 amide bonds. The van der Waals surface area contributed by atoms with Gasteiger partial charge in [-0.05, 0) is 0 Å². The average molecular weight is 954 g/mol. The molecule has 0 N–H and O–H groups in total. The molecule has 0 saturated carbocycles. The van der Waals surface area contributed by atoms with Crippen LogP contribution in [0.2, 0.25) is 4.94 Å². The van der Waals surface area contributed by atoms with Crippen LogP contribution in [0.5, 0.6) is 0 Å². The molecule has 10 heteroatoms. The van der Waals surface area contributed by atoms with Crippen LogP contribution in [0.15, 0.2) is 0 Å². The molecule has 0 heterocycles. The molecule has 0 aliphatic carbocycles. The molecule has 6 nitrogen and oxygen atoms in total. The van der Waals surface area contributed by atoms with E-state index in [0.717, 1.165) is 57.8 Å². The first-order chi connectivity index (χ1) is 27.2. The predicted octanol–water partition coefficient (Wildman–Crippen LogP) is 14.8. The fraction of sp³-hybridized carbons (Fsp3) is 0.935. The van der Waals surface area contributed by atoms with Crippen LogP contribution in [0.25, 0.3) is 0 Å². The van der Waals surface area contributed by atoms with E-state index in [-0.39, 0.29) is 0 Å². The number of thiol groups is 3. The van der Waals surface area contributed by atoms with Crippen molar-refractivity contribution in [2.45, 2.75) is 238 Å². The Bertz CT molecular complexity index is 813. The summed E-state index contributed by atoms with van der Waals surface area (Å²) in [7, 11) is 0. The molecule has 3 atom stereocenters. The Labute approximate surface area is 369 Å². The van der Waals surface area contributed by atoms with Gasteiger partial charge in [0.2, 0.25) is 0 Å². The van der Waals surface area contributed by atoms with E-state index in [1.807, 2.05) is 0 Å². The standard InChI is InChI=1S/3C15H30O2S.CH3.Sn/c3*1-2-3-4-5-6-7-8-9-10-11-12-14(13-18)15(16)17;;/h3*14,18H,2-13H2,1H3,(H,16,17);1H3;/q;;;;+3/p-3. The molecule has 0 bridgehead atoms. The first-order valence-electron chi connectivity index (χ1n) is 23.7. The van der Waals surface area contributed by atoms with Gasteiger partial charge in [0.05, 0.1) is 0 Å². The third-order valence-corrected chi connectivity index (χ3v) is 17.5. The smallest absolute Gasteiger partial charge is 0.0654 e. The van der Waals surface area contributed by atoms with Crippen molar-refractivity contribution in [3.05, 3.63) is 0 Å². The first kappa shape index (κ1) is 56.3. The summed E-state index contributed by atoms with van der Waals surface area (Å²) in [5.41, 5.74) is 0. The van der Waals surface area contributed by atoms with E-state index in [9.17, 15) is 14.4 Å². The van der Waals surface area contributed by atoms with Crippen molar-refractivity contribution in [3.8, 4) is 0 Å². The Balaban J connectivity index is 5.27. The number of carbonyl (C=O) groups excluding carboxylic acids is 3. The monoisotopic (exact) mass is 954 g/mol. The average Bonchev–Trinajstić information content (AvgIpc) is 3.17. The van der Waals surface area contributed by atoms with Crippen LogP contribution in [-0.4, -0.2) is 54.8 Å². The number of carbonyl (C=O) groups is 3. The van der Waals surface area contributed by atoms with Crippen LogP contribution in [0.3, 0.4) is 0 Å². The van der Waals surface area contributed by atoms with Crippen molar-refractivity contribution in [2.24, 2.45) is 17.8 Å². The Hall–Kier alpha value is 0.259. The quantitative estimate of drug-likeness (QED) is 0.0321. The third kappa shape index (κ3) is 32.1. The minimum Gasteiger partial charge on any atom is -0.0654 e. The summed E-state index contributed by atoms with van der Waals surface area (Å²) in [6.07, 6.45) is 38.4. The maximum absolute atomic E-state index is 13.6. The van der Waals surface area contributed by atoms with Gasteiger partial charge in [-0.3, -0.25) is 0 Å². The van der Waals surface area contributed by atoms with Crippen molar-refractivity contribution in [2.75, 3.05) is 17.3 Å². The van der Waals surface area contributed by atoms with Crippen LogP contribution < -0.4 is 0 Å². The number of unbranched alkanes of at least 4 members (excludes halogenated alkanes) is 27. The number of hydrogen-bond donors (Lipinski definition) is 3. The Morgan fingerprint density at radius 3 is 0.714 bits per heavy atom. The van der Waals surface area contributed by atoms with Gasteiger partial charge in [-0.1, -0.05) is 59.3 Å². The molecule has 0 aliphatic heterocycles. The molecular formula is C46H90O6S3Sn. The molecule has 0 rings (SSSR count). The van der Waals surface area contributed by atoms with Gasteiger partial charge >= 0.3 is 312 Å². The zero-order valence-corrected chi connectivity index (χ0v) is 42.5. The van der Waals surface area contributed by atoms with Crippen molar-refractivity contribution in [1.29, 1.82) is 0 Å². The fourth-order valence-corrected chi connectivity index (χ4v) is 13.3. The summed E-state index contributed by atoms with van der Waals surface area (Å²) in [6.45, 7) is 6.74. The van der Waals surface area contributed by atoms with Crippen molar-refractivity contribution in [1.82, 2.24) is 0 Å². The van der Waals surface area contributed by atoms with Gasteiger partial charge < -0.3 is 0 Å². The fourth-order valence-electron chi connectivity index (χ4n) is 7.35. The Morgan fingerprint density at radius 1 is 0.357 bits per heavy atom. The van der Waals surface area contributed by atoms with Crippen molar-refractivity contribution in [3.63, 3.8) is 0 Å². The van der Waals surface area contributed by atoms with Gasteiger partial charge in [-0.25, -0.2) is 0 Å². The topological polar surface area (TPSA) is 78.9 Å². The maximum atomic E-state index is 13.6. The molecule has 0 aromatic heterocycles. The van der Waals surface area contributed by atoms with Crippen LogP contribution >= 0.6 is 37.9 Å².